The van der Waals surface area contributed by atoms with Crippen molar-refractivity contribution in [1.82, 2.24) is 0 Å². The summed E-state index contributed by atoms with van der Waals surface area (Å²) in [4.78, 5) is 24.0. The molecule has 0 aliphatic rings. The molecule has 0 radical (unpaired) electrons. The fourth-order valence-electron chi connectivity index (χ4n) is 3.32. The van der Waals surface area contributed by atoms with Gasteiger partial charge in [0.25, 0.3) is 5.91 Å². The van der Waals surface area contributed by atoms with Crippen molar-refractivity contribution in [2.45, 2.75) is 32.9 Å². The normalized spacial score (nSPS) is 12.6. The second-order valence-electron chi connectivity index (χ2n) is 7.53. The molecule has 2 atom stereocenters. The highest BCUT2D eigenvalue weighted by Gasteiger charge is 2.24. The minimum Gasteiger partial charge on any atom is -0.326 e. The third kappa shape index (κ3) is 5.78. The van der Waals surface area contributed by atoms with Gasteiger partial charge in [0.2, 0.25) is 5.91 Å². The van der Waals surface area contributed by atoms with Gasteiger partial charge >= 0.3 is 0 Å². The molecule has 3 aromatic carbocycles. The van der Waals surface area contributed by atoms with Gasteiger partial charge in [-0.25, -0.2) is 0 Å². The summed E-state index contributed by atoms with van der Waals surface area (Å²) >= 11 is 0. The van der Waals surface area contributed by atoms with Crippen LogP contribution in [0.15, 0.2) is 78.9 Å². The Morgan fingerprint density at radius 3 is 1.87 bits per heavy atom. The Kier molecular flexibility index (Phi) is 6.99. The zero-order valence-electron chi connectivity index (χ0n) is 17.6. The maximum Gasteiger partial charge on any atom is 0.282 e. The highest BCUT2D eigenvalue weighted by atomic mass is 16.2. The number of hydrogen-bond acceptors (Lipinski definition) is 2. The molecule has 0 saturated heterocycles. The third-order valence-electron chi connectivity index (χ3n) is 4.96. The number of quaternary nitrogens is 1. The van der Waals surface area contributed by atoms with Crippen LogP contribution in [0.5, 0.6) is 0 Å². The average molecular weight is 403 g/mol. The van der Waals surface area contributed by atoms with Gasteiger partial charge < -0.3 is 16.0 Å². The van der Waals surface area contributed by atoms with E-state index in [1.54, 1.807) is 24.3 Å². The Labute approximate surface area is 177 Å². The molecular formula is C25H28N3O2+. The second kappa shape index (κ2) is 9.85. The fraction of sp³-hybridized carbons (Fsp3) is 0.200. The lowest BCUT2D eigenvalue weighted by Crippen LogP contribution is -2.92. The van der Waals surface area contributed by atoms with Gasteiger partial charge in [-0.15, -0.1) is 0 Å². The number of benzene rings is 3. The molecule has 154 valence electrons. The minimum absolute atomic E-state index is 0.0229. The van der Waals surface area contributed by atoms with Crippen LogP contribution in [-0.2, 0) is 9.59 Å². The second-order valence-corrected chi connectivity index (χ2v) is 7.53. The van der Waals surface area contributed by atoms with Crippen molar-refractivity contribution < 1.29 is 14.9 Å². The zero-order valence-corrected chi connectivity index (χ0v) is 17.6. The first kappa shape index (κ1) is 21.3. The molecule has 0 aliphatic carbocycles. The van der Waals surface area contributed by atoms with Crippen LogP contribution in [0, 0.1) is 6.92 Å². The molecular weight excluding hydrogens is 374 g/mol. The van der Waals surface area contributed by atoms with E-state index in [9.17, 15) is 9.59 Å². The van der Waals surface area contributed by atoms with E-state index in [4.69, 9.17) is 0 Å². The van der Waals surface area contributed by atoms with Gasteiger partial charge in [-0.2, -0.15) is 0 Å². The monoisotopic (exact) mass is 402 g/mol. The van der Waals surface area contributed by atoms with Crippen LogP contribution in [0.1, 0.15) is 36.6 Å². The largest absolute Gasteiger partial charge is 0.326 e. The Hall–Kier alpha value is -3.44. The molecule has 4 N–H and O–H groups in total. The Bertz CT molecular complexity index is 983. The first-order valence-corrected chi connectivity index (χ1v) is 10.1. The number of rotatable bonds is 7. The minimum atomic E-state index is -0.300. The predicted octanol–water partition coefficient (Wildman–Crippen LogP) is 3.63. The highest BCUT2D eigenvalue weighted by molar-refractivity contribution is 5.94. The van der Waals surface area contributed by atoms with Crippen LogP contribution in [0.4, 0.5) is 11.4 Å². The van der Waals surface area contributed by atoms with E-state index in [1.807, 2.05) is 25.1 Å². The lowest BCUT2D eigenvalue weighted by molar-refractivity contribution is -0.704. The molecule has 30 heavy (non-hydrogen) atoms. The van der Waals surface area contributed by atoms with Gasteiger partial charge in [-0.3, -0.25) is 9.59 Å². The van der Waals surface area contributed by atoms with Crippen LogP contribution in [0.2, 0.25) is 0 Å². The number of amides is 2. The summed E-state index contributed by atoms with van der Waals surface area (Å²) in [6.45, 7) is 5.44. The van der Waals surface area contributed by atoms with Crippen molar-refractivity contribution in [1.29, 1.82) is 0 Å². The fourth-order valence-corrected chi connectivity index (χ4v) is 3.32. The maximum absolute atomic E-state index is 12.8. The summed E-state index contributed by atoms with van der Waals surface area (Å²) < 4.78 is 0. The first-order valence-electron chi connectivity index (χ1n) is 10.1. The number of nitrogens with one attached hydrogen (secondary N) is 2. The number of aryl methyl sites for hydroxylation is 1. The van der Waals surface area contributed by atoms with Crippen molar-refractivity contribution in [3.8, 4) is 0 Å². The molecule has 0 aliphatic heterocycles. The van der Waals surface area contributed by atoms with Gasteiger partial charge in [-0.1, -0.05) is 60.2 Å². The van der Waals surface area contributed by atoms with Crippen molar-refractivity contribution in [3.05, 3.63) is 95.6 Å². The number of carbonyl (C=O) groups excluding carboxylic acids is 2. The molecule has 0 saturated carbocycles. The summed E-state index contributed by atoms with van der Waals surface area (Å²) in [5.41, 5.74) is 4.91. The van der Waals surface area contributed by atoms with E-state index in [0.29, 0.717) is 11.4 Å². The summed E-state index contributed by atoms with van der Waals surface area (Å²) in [5, 5.41) is 7.76. The summed E-state index contributed by atoms with van der Waals surface area (Å²) in [6.07, 6.45) is 0. The number of anilines is 2. The Morgan fingerprint density at radius 1 is 0.767 bits per heavy atom. The number of carbonyl (C=O) groups is 2. The van der Waals surface area contributed by atoms with Crippen molar-refractivity contribution in [3.63, 3.8) is 0 Å². The molecule has 0 unspecified atom stereocenters. The van der Waals surface area contributed by atoms with E-state index in [1.165, 1.54) is 12.5 Å². The van der Waals surface area contributed by atoms with Gasteiger partial charge in [0.15, 0.2) is 6.04 Å². The van der Waals surface area contributed by atoms with E-state index in [2.05, 4.69) is 59.3 Å². The molecule has 0 heterocycles. The summed E-state index contributed by atoms with van der Waals surface area (Å²) in [7, 11) is 0. The first-order chi connectivity index (χ1) is 14.4. The molecule has 3 aromatic rings. The maximum atomic E-state index is 12.8. The van der Waals surface area contributed by atoms with Crippen LogP contribution < -0.4 is 16.0 Å². The molecule has 5 heteroatoms. The molecule has 0 aromatic heterocycles. The van der Waals surface area contributed by atoms with Gasteiger partial charge in [0.1, 0.15) is 6.04 Å². The molecule has 5 nitrogen and oxygen atoms in total. The van der Waals surface area contributed by atoms with Gasteiger partial charge in [0, 0.05) is 29.4 Å². The van der Waals surface area contributed by atoms with Gasteiger partial charge in [-0.05, 0) is 38.1 Å². The van der Waals surface area contributed by atoms with Crippen LogP contribution in [0.3, 0.4) is 0 Å². The molecule has 0 fully saturated rings. The molecule has 0 spiro atoms. The quantitative estimate of drug-likeness (QED) is 0.564. The van der Waals surface area contributed by atoms with Crippen molar-refractivity contribution in [2.75, 3.05) is 10.6 Å². The Morgan fingerprint density at radius 2 is 1.30 bits per heavy atom. The number of hydrogen-bond donors (Lipinski definition) is 3. The predicted molar refractivity (Wildman–Crippen MR) is 120 cm³/mol. The lowest BCUT2D eigenvalue weighted by atomic mass is 9.97. The van der Waals surface area contributed by atoms with E-state index in [0.717, 1.165) is 11.1 Å². The summed E-state index contributed by atoms with van der Waals surface area (Å²) in [5.74, 6) is -0.201. The smallest absolute Gasteiger partial charge is 0.282 e. The van der Waals surface area contributed by atoms with Crippen molar-refractivity contribution >= 4 is 23.2 Å². The summed E-state index contributed by atoms with van der Waals surface area (Å²) in [6, 6.07) is 25.5. The van der Waals surface area contributed by atoms with Gasteiger partial charge in [0.05, 0.1) is 0 Å². The highest BCUT2D eigenvalue weighted by Crippen LogP contribution is 2.19. The van der Waals surface area contributed by atoms with E-state index >= 15 is 0 Å². The van der Waals surface area contributed by atoms with Crippen LogP contribution in [0.25, 0.3) is 0 Å². The molecule has 2 amide bonds. The number of nitrogens with two attached hydrogens (primary N) is 1. The SMILES string of the molecule is CC(=O)Nc1ccc(NC(=O)[C@H](C)[NH2+][C@@H](c2ccccc2)c2ccc(C)cc2)cc1. The average Bonchev–Trinajstić information content (AvgIpc) is 2.74. The molecule has 3 rings (SSSR count). The van der Waals surface area contributed by atoms with E-state index < -0.39 is 0 Å². The lowest BCUT2D eigenvalue weighted by Gasteiger charge is -2.21. The standard InChI is InChI=1S/C25H27N3O2/c1-17-9-11-21(12-10-17)24(20-7-5-4-6-8-20)26-18(2)25(30)28-23-15-13-22(14-16-23)27-19(3)29/h4-16,18,24,26H,1-3H3,(H,27,29)(H,28,30)/p+1/t18-,24-/m0/s1. The van der Waals surface area contributed by atoms with Crippen LogP contribution in [-0.4, -0.2) is 17.9 Å². The van der Waals surface area contributed by atoms with E-state index in [-0.39, 0.29) is 23.9 Å². The third-order valence-corrected chi connectivity index (χ3v) is 4.96. The molecule has 0 bridgehead atoms. The van der Waals surface area contributed by atoms with Crippen molar-refractivity contribution in [2.24, 2.45) is 0 Å². The Balaban J connectivity index is 1.71. The van der Waals surface area contributed by atoms with Crippen LogP contribution >= 0.6 is 0 Å². The zero-order chi connectivity index (χ0) is 21.5. The topological polar surface area (TPSA) is 74.8 Å².